The summed E-state index contributed by atoms with van der Waals surface area (Å²) in [5.74, 6) is 0. The lowest BCUT2D eigenvalue weighted by molar-refractivity contribution is 1.04. The van der Waals surface area contributed by atoms with E-state index in [0.29, 0.717) is 0 Å². The van der Waals surface area contributed by atoms with E-state index >= 15 is 0 Å². The van der Waals surface area contributed by atoms with Gasteiger partial charge in [-0.15, -0.1) is 0 Å². The molecule has 0 radical (unpaired) electrons. The predicted octanol–water partition coefficient (Wildman–Crippen LogP) is 3.31. The molecule has 1 aliphatic carbocycles. The van der Waals surface area contributed by atoms with Crippen molar-refractivity contribution >= 4 is 11.3 Å². The third-order valence-corrected chi connectivity index (χ3v) is 2.56. The summed E-state index contributed by atoms with van der Waals surface area (Å²) >= 11 is 0. The largest absolute Gasteiger partial charge is 0.399 e. The summed E-state index contributed by atoms with van der Waals surface area (Å²) in [4.78, 5) is 0. The molecule has 1 aromatic carbocycles. The molecule has 1 nitrogen and oxygen atoms in total. The van der Waals surface area contributed by atoms with Crippen molar-refractivity contribution < 1.29 is 0 Å². The number of nitrogen functional groups attached to an aromatic ring is 1. The molecule has 0 aromatic heterocycles. The van der Waals surface area contributed by atoms with Crippen molar-refractivity contribution in [3.8, 4) is 0 Å². The molecular weight excluding hydrogens is 170 g/mol. The van der Waals surface area contributed by atoms with Crippen LogP contribution in [0.25, 0.3) is 5.57 Å². The molecule has 0 atom stereocenters. The predicted molar refractivity (Wildman–Crippen MR) is 61.9 cm³/mol. The first kappa shape index (κ1) is 9.07. The maximum absolute atomic E-state index is 5.72. The Morgan fingerprint density at radius 3 is 2.71 bits per heavy atom. The van der Waals surface area contributed by atoms with Gasteiger partial charge in [0.1, 0.15) is 0 Å². The van der Waals surface area contributed by atoms with Gasteiger partial charge in [-0.05, 0) is 48.6 Å². The summed E-state index contributed by atoms with van der Waals surface area (Å²) in [6.07, 6.45) is 9.03. The van der Waals surface area contributed by atoms with Crippen LogP contribution >= 0.6 is 0 Å². The summed E-state index contributed by atoms with van der Waals surface area (Å²) in [7, 11) is 0. The van der Waals surface area contributed by atoms with Gasteiger partial charge in [0, 0.05) is 5.69 Å². The molecule has 1 aliphatic rings. The third kappa shape index (κ3) is 1.72. The second-order valence-electron chi connectivity index (χ2n) is 3.71. The quantitative estimate of drug-likeness (QED) is 0.667. The summed E-state index contributed by atoms with van der Waals surface area (Å²) in [5.41, 5.74) is 10.4. The van der Waals surface area contributed by atoms with Gasteiger partial charge in [-0.1, -0.05) is 24.3 Å². The Labute approximate surface area is 84.9 Å². The van der Waals surface area contributed by atoms with Gasteiger partial charge < -0.3 is 5.73 Å². The number of nitrogens with two attached hydrogens (primary N) is 1. The standard InChI is InChI=1S/C13H15N/c1-10-9-12(14)7-8-13(10)11-5-3-2-4-6-11/h3,5-9H,2,4,14H2,1H3. The molecule has 2 N–H and O–H groups in total. The van der Waals surface area contributed by atoms with E-state index in [-0.39, 0.29) is 0 Å². The Balaban J connectivity index is 2.41. The second kappa shape index (κ2) is 3.70. The summed E-state index contributed by atoms with van der Waals surface area (Å²) in [6.45, 7) is 2.11. The van der Waals surface area contributed by atoms with Crippen LogP contribution < -0.4 is 5.73 Å². The highest BCUT2D eigenvalue weighted by molar-refractivity contribution is 5.77. The number of rotatable bonds is 1. The number of allylic oxidation sites excluding steroid dienone is 4. The van der Waals surface area contributed by atoms with Gasteiger partial charge in [-0.2, -0.15) is 0 Å². The summed E-state index contributed by atoms with van der Waals surface area (Å²) < 4.78 is 0. The van der Waals surface area contributed by atoms with Crippen molar-refractivity contribution in [2.75, 3.05) is 5.73 Å². The molecule has 0 heterocycles. The zero-order valence-corrected chi connectivity index (χ0v) is 8.46. The molecule has 0 saturated heterocycles. The summed E-state index contributed by atoms with van der Waals surface area (Å²) in [6, 6.07) is 6.09. The Morgan fingerprint density at radius 1 is 1.21 bits per heavy atom. The van der Waals surface area contributed by atoms with Crippen molar-refractivity contribution in [1.29, 1.82) is 0 Å². The van der Waals surface area contributed by atoms with Crippen molar-refractivity contribution in [2.24, 2.45) is 0 Å². The summed E-state index contributed by atoms with van der Waals surface area (Å²) in [5, 5.41) is 0. The first-order chi connectivity index (χ1) is 6.77. The molecule has 1 aromatic rings. The van der Waals surface area contributed by atoms with Crippen molar-refractivity contribution in [1.82, 2.24) is 0 Å². The van der Waals surface area contributed by atoms with Crippen molar-refractivity contribution in [2.45, 2.75) is 19.8 Å². The van der Waals surface area contributed by atoms with E-state index in [1.165, 1.54) is 16.7 Å². The van der Waals surface area contributed by atoms with Crippen LogP contribution in [0.4, 0.5) is 5.69 Å². The fourth-order valence-electron chi connectivity index (χ4n) is 1.82. The Bertz CT molecular complexity index is 400. The minimum atomic E-state index is 0.839. The van der Waals surface area contributed by atoms with Crippen LogP contribution in [0.2, 0.25) is 0 Å². The molecule has 0 amide bonds. The van der Waals surface area contributed by atoms with E-state index in [9.17, 15) is 0 Å². The van der Waals surface area contributed by atoms with Crippen LogP contribution in [0, 0.1) is 6.92 Å². The molecule has 0 aliphatic heterocycles. The van der Waals surface area contributed by atoms with Gasteiger partial charge >= 0.3 is 0 Å². The second-order valence-corrected chi connectivity index (χ2v) is 3.71. The molecule has 0 fully saturated rings. The molecule has 0 unspecified atom stereocenters. The SMILES string of the molecule is Cc1cc(N)ccc1C1=CCCC=C1. The van der Waals surface area contributed by atoms with Crippen LogP contribution in [-0.2, 0) is 0 Å². The van der Waals surface area contributed by atoms with Crippen LogP contribution in [-0.4, -0.2) is 0 Å². The van der Waals surface area contributed by atoms with E-state index in [1.54, 1.807) is 0 Å². The number of benzene rings is 1. The Hall–Kier alpha value is -1.50. The molecular formula is C13H15N. The molecule has 0 spiro atoms. The molecule has 72 valence electrons. The normalized spacial score (nSPS) is 15.4. The van der Waals surface area contributed by atoms with E-state index in [4.69, 9.17) is 5.73 Å². The average Bonchev–Trinajstić information content (AvgIpc) is 2.19. The van der Waals surface area contributed by atoms with Crippen LogP contribution in [0.1, 0.15) is 24.0 Å². The van der Waals surface area contributed by atoms with Crippen LogP contribution in [0.3, 0.4) is 0 Å². The zero-order chi connectivity index (χ0) is 9.97. The lowest BCUT2D eigenvalue weighted by Crippen LogP contribution is -1.92. The topological polar surface area (TPSA) is 26.0 Å². The first-order valence-corrected chi connectivity index (χ1v) is 5.00. The smallest absolute Gasteiger partial charge is 0.0317 e. The van der Waals surface area contributed by atoms with Gasteiger partial charge in [-0.25, -0.2) is 0 Å². The first-order valence-electron chi connectivity index (χ1n) is 5.00. The third-order valence-electron chi connectivity index (χ3n) is 2.56. The molecule has 2 rings (SSSR count). The lowest BCUT2D eigenvalue weighted by Gasteiger charge is -2.10. The van der Waals surface area contributed by atoms with E-state index in [2.05, 4.69) is 31.2 Å². The highest BCUT2D eigenvalue weighted by atomic mass is 14.5. The highest BCUT2D eigenvalue weighted by Crippen LogP contribution is 2.25. The number of hydrogen-bond acceptors (Lipinski definition) is 1. The molecule has 0 saturated carbocycles. The number of anilines is 1. The fourth-order valence-corrected chi connectivity index (χ4v) is 1.82. The maximum atomic E-state index is 5.72. The Morgan fingerprint density at radius 2 is 2.07 bits per heavy atom. The van der Waals surface area contributed by atoms with Gasteiger partial charge in [-0.3, -0.25) is 0 Å². The van der Waals surface area contributed by atoms with Crippen LogP contribution in [0.5, 0.6) is 0 Å². The number of hydrogen-bond donors (Lipinski definition) is 1. The van der Waals surface area contributed by atoms with Gasteiger partial charge in [0.15, 0.2) is 0 Å². The monoisotopic (exact) mass is 185 g/mol. The molecule has 1 heteroatoms. The fraction of sp³-hybridized carbons (Fsp3) is 0.231. The van der Waals surface area contributed by atoms with Gasteiger partial charge in [0.2, 0.25) is 0 Å². The highest BCUT2D eigenvalue weighted by Gasteiger charge is 2.04. The zero-order valence-electron chi connectivity index (χ0n) is 8.46. The van der Waals surface area contributed by atoms with Crippen molar-refractivity contribution in [3.05, 3.63) is 47.6 Å². The minimum absolute atomic E-state index is 0.839. The lowest BCUT2D eigenvalue weighted by atomic mass is 9.96. The Kier molecular flexibility index (Phi) is 2.40. The molecule has 14 heavy (non-hydrogen) atoms. The van der Waals surface area contributed by atoms with E-state index in [0.717, 1.165) is 18.5 Å². The maximum Gasteiger partial charge on any atom is 0.0317 e. The van der Waals surface area contributed by atoms with E-state index in [1.807, 2.05) is 12.1 Å². The van der Waals surface area contributed by atoms with E-state index < -0.39 is 0 Å². The molecule has 0 bridgehead atoms. The number of aryl methyl sites for hydroxylation is 1. The minimum Gasteiger partial charge on any atom is -0.399 e. The average molecular weight is 185 g/mol. The van der Waals surface area contributed by atoms with Crippen molar-refractivity contribution in [3.63, 3.8) is 0 Å². The van der Waals surface area contributed by atoms with Gasteiger partial charge in [0.25, 0.3) is 0 Å². The van der Waals surface area contributed by atoms with Gasteiger partial charge in [0.05, 0.1) is 0 Å². The van der Waals surface area contributed by atoms with Crippen LogP contribution in [0.15, 0.2) is 36.4 Å².